The third kappa shape index (κ3) is 3.30. The van der Waals surface area contributed by atoms with Gasteiger partial charge in [0, 0.05) is 0 Å². The lowest BCUT2D eigenvalue weighted by Gasteiger charge is -2.11. The molecule has 0 aliphatic heterocycles. The number of thiazole rings is 1. The molecule has 0 radical (unpaired) electrons. The summed E-state index contributed by atoms with van der Waals surface area (Å²) in [6.07, 6.45) is -4.60. The molecule has 0 spiro atoms. The number of aromatic nitrogens is 1. The summed E-state index contributed by atoms with van der Waals surface area (Å²) >= 11 is 1.33. The Morgan fingerprint density at radius 2 is 1.87 bits per heavy atom. The largest absolute Gasteiger partial charge is 0.416 e. The highest BCUT2D eigenvalue weighted by molar-refractivity contribution is 7.92. The van der Waals surface area contributed by atoms with Gasteiger partial charge in [-0.2, -0.15) is 13.2 Å². The normalized spacial score (nSPS) is 12.5. The highest BCUT2D eigenvalue weighted by atomic mass is 32.2. The molecule has 0 saturated carbocycles. The van der Waals surface area contributed by atoms with E-state index in [0.717, 1.165) is 28.4 Å². The van der Waals surface area contributed by atoms with Crippen LogP contribution in [0.5, 0.6) is 0 Å². The van der Waals surface area contributed by atoms with Crippen LogP contribution >= 0.6 is 11.3 Å². The Bertz CT molecular complexity index is 965. The molecule has 4 nitrogen and oxygen atoms in total. The second-order valence-electron chi connectivity index (χ2n) is 4.67. The highest BCUT2D eigenvalue weighted by Crippen LogP contribution is 2.31. The summed E-state index contributed by atoms with van der Waals surface area (Å²) in [5, 5.41) is 0. The van der Waals surface area contributed by atoms with E-state index >= 15 is 0 Å². The molecule has 0 saturated heterocycles. The number of nitrogens with one attached hydrogen (secondary N) is 1. The van der Waals surface area contributed by atoms with Crippen LogP contribution in [0.25, 0.3) is 10.2 Å². The Kier molecular flexibility index (Phi) is 3.77. The van der Waals surface area contributed by atoms with Gasteiger partial charge in [-0.25, -0.2) is 13.4 Å². The second kappa shape index (κ2) is 5.50. The van der Waals surface area contributed by atoms with Crippen LogP contribution in [0.3, 0.4) is 0 Å². The smallest absolute Gasteiger partial charge is 0.280 e. The van der Waals surface area contributed by atoms with Gasteiger partial charge in [-0.15, -0.1) is 11.3 Å². The highest BCUT2D eigenvalue weighted by Gasteiger charge is 2.31. The van der Waals surface area contributed by atoms with Crippen molar-refractivity contribution in [1.82, 2.24) is 4.98 Å². The van der Waals surface area contributed by atoms with E-state index in [4.69, 9.17) is 0 Å². The maximum atomic E-state index is 12.7. The van der Waals surface area contributed by atoms with E-state index in [9.17, 15) is 21.6 Å². The summed E-state index contributed by atoms with van der Waals surface area (Å²) in [6, 6.07) is 8.32. The van der Waals surface area contributed by atoms with Crippen molar-refractivity contribution in [3.8, 4) is 0 Å². The molecule has 3 rings (SSSR count). The Balaban J connectivity index is 1.95. The van der Waals surface area contributed by atoms with Gasteiger partial charge >= 0.3 is 6.18 Å². The standard InChI is InChI=1S/C14H9F3N2O2S2/c15-14(16,17)9-2-1-3-11(6-9)23(20,21)19-10-4-5-12-13(7-10)22-8-18-12/h1-8,19H. The van der Waals surface area contributed by atoms with E-state index in [1.807, 2.05) is 0 Å². The van der Waals surface area contributed by atoms with Crippen LogP contribution in [0.15, 0.2) is 52.9 Å². The molecule has 1 heterocycles. The molecule has 3 aromatic rings. The first-order chi connectivity index (χ1) is 10.8. The summed E-state index contributed by atoms with van der Waals surface area (Å²) in [7, 11) is -4.11. The Hall–Kier alpha value is -2.13. The summed E-state index contributed by atoms with van der Waals surface area (Å²) in [4.78, 5) is 3.62. The average molecular weight is 358 g/mol. The molecule has 0 atom stereocenters. The molecule has 0 bridgehead atoms. The van der Waals surface area contributed by atoms with E-state index in [2.05, 4.69) is 9.71 Å². The number of fused-ring (bicyclic) bond motifs is 1. The van der Waals surface area contributed by atoms with Crippen LogP contribution < -0.4 is 4.72 Å². The number of nitrogens with zero attached hydrogens (tertiary/aromatic N) is 1. The van der Waals surface area contributed by atoms with Crippen molar-refractivity contribution in [3.63, 3.8) is 0 Å². The van der Waals surface area contributed by atoms with Crippen LogP contribution in [0, 0.1) is 0 Å². The van der Waals surface area contributed by atoms with Gasteiger partial charge in [0.2, 0.25) is 0 Å². The third-order valence-corrected chi connectivity index (χ3v) is 5.23. The van der Waals surface area contributed by atoms with Crippen LogP contribution in [-0.2, 0) is 16.2 Å². The fourth-order valence-corrected chi connectivity index (χ4v) is 3.78. The van der Waals surface area contributed by atoms with Crippen LogP contribution in [0.2, 0.25) is 0 Å². The molecule has 1 aromatic heterocycles. The second-order valence-corrected chi connectivity index (χ2v) is 7.23. The average Bonchev–Trinajstić information content (AvgIpc) is 2.93. The van der Waals surface area contributed by atoms with Crippen molar-refractivity contribution >= 4 is 37.3 Å². The lowest BCUT2D eigenvalue weighted by atomic mass is 10.2. The predicted octanol–water partition coefficient (Wildman–Crippen LogP) is 4.12. The Morgan fingerprint density at radius 3 is 2.61 bits per heavy atom. The van der Waals surface area contributed by atoms with E-state index < -0.39 is 26.7 Å². The maximum absolute atomic E-state index is 12.7. The molecule has 0 fully saturated rings. The number of benzene rings is 2. The number of alkyl halides is 3. The number of rotatable bonds is 3. The molecule has 0 unspecified atom stereocenters. The summed E-state index contributed by atoms with van der Waals surface area (Å²) in [5.41, 5.74) is 1.59. The van der Waals surface area contributed by atoms with Gasteiger partial charge in [-0.1, -0.05) is 6.07 Å². The van der Waals surface area contributed by atoms with E-state index in [0.29, 0.717) is 6.07 Å². The van der Waals surface area contributed by atoms with Crippen molar-refractivity contribution in [2.45, 2.75) is 11.1 Å². The molecule has 0 aliphatic carbocycles. The van der Waals surface area contributed by atoms with Gasteiger partial charge in [0.1, 0.15) is 0 Å². The van der Waals surface area contributed by atoms with Crippen molar-refractivity contribution in [3.05, 3.63) is 53.5 Å². The number of anilines is 1. The molecule has 120 valence electrons. The zero-order valence-electron chi connectivity index (χ0n) is 11.3. The number of hydrogen-bond donors (Lipinski definition) is 1. The monoisotopic (exact) mass is 358 g/mol. The van der Waals surface area contributed by atoms with Gasteiger partial charge in [0.25, 0.3) is 10.0 Å². The summed E-state index contributed by atoms with van der Waals surface area (Å²) in [5.74, 6) is 0. The molecule has 1 N–H and O–H groups in total. The minimum atomic E-state index is -4.60. The fraction of sp³-hybridized carbons (Fsp3) is 0.0714. The Morgan fingerprint density at radius 1 is 1.09 bits per heavy atom. The molecule has 0 aliphatic rings. The minimum Gasteiger partial charge on any atom is -0.280 e. The quantitative estimate of drug-likeness (QED) is 0.766. The lowest BCUT2D eigenvalue weighted by Crippen LogP contribution is -2.14. The zero-order valence-corrected chi connectivity index (χ0v) is 13.0. The van der Waals surface area contributed by atoms with Gasteiger partial charge in [0.15, 0.2) is 0 Å². The lowest BCUT2D eigenvalue weighted by molar-refractivity contribution is -0.137. The van der Waals surface area contributed by atoms with Gasteiger partial charge in [-0.3, -0.25) is 4.72 Å². The molecule has 23 heavy (non-hydrogen) atoms. The SMILES string of the molecule is O=S(=O)(Nc1ccc2ncsc2c1)c1cccc(C(F)(F)F)c1. The predicted molar refractivity (Wildman–Crippen MR) is 81.9 cm³/mol. The first-order valence-corrected chi connectivity index (χ1v) is 8.65. The molecular formula is C14H9F3N2O2S2. The summed E-state index contributed by atoms with van der Waals surface area (Å²) < 4.78 is 65.7. The zero-order chi connectivity index (χ0) is 16.7. The van der Waals surface area contributed by atoms with Crippen molar-refractivity contribution < 1.29 is 21.6 Å². The topological polar surface area (TPSA) is 59.1 Å². The van der Waals surface area contributed by atoms with Gasteiger partial charge in [0.05, 0.1) is 31.9 Å². The van der Waals surface area contributed by atoms with Crippen molar-refractivity contribution in [1.29, 1.82) is 0 Å². The maximum Gasteiger partial charge on any atom is 0.416 e. The number of halogens is 3. The minimum absolute atomic E-state index is 0.263. The number of hydrogen-bond acceptors (Lipinski definition) is 4. The number of sulfonamides is 1. The van der Waals surface area contributed by atoms with E-state index in [1.54, 1.807) is 17.6 Å². The van der Waals surface area contributed by atoms with Gasteiger partial charge < -0.3 is 0 Å². The first-order valence-electron chi connectivity index (χ1n) is 6.29. The van der Waals surface area contributed by atoms with Crippen molar-refractivity contribution in [2.75, 3.05) is 4.72 Å². The van der Waals surface area contributed by atoms with E-state index in [1.165, 1.54) is 17.4 Å². The fourth-order valence-electron chi connectivity index (χ4n) is 1.97. The van der Waals surface area contributed by atoms with Crippen LogP contribution in [-0.4, -0.2) is 13.4 Å². The first kappa shape index (κ1) is 15.8. The molecule has 0 amide bonds. The molecular weight excluding hydrogens is 349 g/mol. The third-order valence-electron chi connectivity index (χ3n) is 3.06. The van der Waals surface area contributed by atoms with E-state index in [-0.39, 0.29) is 5.69 Å². The molecule has 9 heteroatoms. The van der Waals surface area contributed by atoms with Crippen LogP contribution in [0.1, 0.15) is 5.56 Å². The van der Waals surface area contributed by atoms with Crippen LogP contribution in [0.4, 0.5) is 18.9 Å². The molecule has 2 aromatic carbocycles. The van der Waals surface area contributed by atoms with Crippen molar-refractivity contribution in [2.24, 2.45) is 0 Å². The van der Waals surface area contributed by atoms with Gasteiger partial charge in [-0.05, 0) is 36.4 Å². The Labute approximate surface area is 133 Å². The summed E-state index contributed by atoms with van der Waals surface area (Å²) in [6.45, 7) is 0.